The fourth-order valence-electron chi connectivity index (χ4n) is 2.32. The topological polar surface area (TPSA) is 12.9 Å². The van der Waals surface area contributed by atoms with Crippen molar-refractivity contribution in [3.05, 3.63) is 15.6 Å². The zero-order valence-corrected chi connectivity index (χ0v) is 13.0. The molecule has 1 aliphatic rings. The maximum absolute atomic E-state index is 4.73. The van der Waals surface area contributed by atoms with E-state index in [0.29, 0.717) is 0 Å². The molecule has 0 radical (unpaired) electrons. The Hall–Kier alpha value is 0.330. The summed E-state index contributed by atoms with van der Waals surface area (Å²) in [7, 11) is 0. The highest BCUT2D eigenvalue weighted by Crippen LogP contribution is 2.32. The van der Waals surface area contributed by atoms with E-state index < -0.39 is 0 Å². The molecule has 0 spiro atoms. The summed E-state index contributed by atoms with van der Waals surface area (Å²) in [6.45, 7) is 2.18. The molecule has 1 nitrogen and oxygen atoms in total. The Morgan fingerprint density at radius 1 is 1.35 bits per heavy atom. The van der Waals surface area contributed by atoms with E-state index in [4.69, 9.17) is 4.98 Å². The number of aromatic nitrogens is 1. The second-order valence-corrected chi connectivity index (χ2v) is 7.33. The maximum Gasteiger partial charge on any atom is 0.103 e. The molecule has 2 rings (SSSR count). The van der Waals surface area contributed by atoms with Gasteiger partial charge in [-0.25, -0.2) is 4.98 Å². The van der Waals surface area contributed by atoms with Crippen LogP contribution in [-0.2, 0) is 17.9 Å². The summed E-state index contributed by atoms with van der Waals surface area (Å²) < 4.78 is 0. The van der Waals surface area contributed by atoms with Crippen LogP contribution in [0, 0.1) is 0 Å². The van der Waals surface area contributed by atoms with Gasteiger partial charge in [-0.15, -0.1) is 11.3 Å². The first-order valence-corrected chi connectivity index (χ1v) is 9.03. The summed E-state index contributed by atoms with van der Waals surface area (Å²) in [6, 6.07) is 0. The number of hydrogen-bond acceptors (Lipinski definition) is 4. The van der Waals surface area contributed by atoms with Gasteiger partial charge in [-0.3, -0.25) is 0 Å². The highest BCUT2D eigenvalue weighted by molar-refractivity contribution is 7.99. The number of thioether (sulfide) groups is 1. The minimum absolute atomic E-state index is 0.842. The van der Waals surface area contributed by atoms with Crippen LogP contribution in [0.15, 0.2) is 0 Å². The van der Waals surface area contributed by atoms with Crippen molar-refractivity contribution in [2.24, 2.45) is 0 Å². The number of hydrogen-bond donors (Lipinski definition) is 1. The largest absolute Gasteiger partial charge is 0.245 e. The SMILES string of the molecule is CCc1nc(CSC2CCCCC2)sc1CS. The standard InChI is InChI=1S/C13H21NS3/c1-2-11-12(8-15)17-13(14-11)9-16-10-6-4-3-5-7-10/h10,15H,2-9H2,1H3. The van der Waals surface area contributed by atoms with Gasteiger partial charge in [-0.1, -0.05) is 26.2 Å². The van der Waals surface area contributed by atoms with Crippen molar-refractivity contribution in [3.8, 4) is 0 Å². The zero-order valence-electron chi connectivity index (χ0n) is 10.4. The van der Waals surface area contributed by atoms with Crippen LogP contribution in [-0.4, -0.2) is 10.2 Å². The van der Waals surface area contributed by atoms with Gasteiger partial charge in [0.15, 0.2) is 0 Å². The van der Waals surface area contributed by atoms with E-state index in [9.17, 15) is 0 Å². The van der Waals surface area contributed by atoms with Gasteiger partial charge in [0.2, 0.25) is 0 Å². The van der Waals surface area contributed by atoms with Crippen LogP contribution in [0.1, 0.15) is 54.6 Å². The van der Waals surface area contributed by atoms with Gasteiger partial charge < -0.3 is 0 Å². The lowest BCUT2D eigenvalue weighted by atomic mass is 10.0. The monoisotopic (exact) mass is 287 g/mol. The lowest BCUT2D eigenvalue weighted by molar-refractivity contribution is 0.516. The van der Waals surface area contributed by atoms with Crippen molar-refractivity contribution in [1.82, 2.24) is 4.98 Å². The first-order valence-electron chi connectivity index (χ1n) is 6.53. The highest BCUT2D eigenvalue weighted by atomic mass is 32.2. The van der Waals surface area contributed by atoms with Gasteiger partial charge in [-0.2, -0.15) is 24.4 Å². The van der Waals surface area contributed by atoms with Gasteiger partial charge in [0, 0.05) is 21.6 Å². The fraction of sp³-hybridized carbons (Fsp3) is 0.769. The molecule has 0 atom stereocenters. The van der Waals surface area contributed by atoms with Crippen LogP contribution < -0.4 is 0 Å². The maximum atomic E-state index is 4.73. The van der Waals surface area contributed by atoms with Crippen molar-refractivity contribution in [1.29, 1.82) is 0 Å². The van der Waals surface area contributed by atoms with Crippen LogP contribution in [0.4, 0.5) is 0 Å². The van der Waals surface area contributed by atoms with Crippen molar-refractivity contribution >= 4 is 35.7 Å². The Kier molecular flexibility index (Phi) is 5.70. The van der Waals surface area contributed by atoms with Gasteiger partial charge in [0.1, 0.15) is 5.01 Å². The molecule has 1 aromatic heterocycles. The first-order chi connectivity index (χ1) is 8.33. The van der Waals surface area contributed by atoms with Crippen LogP contribution in [0.5, 0.6) is 0 Å². The molecule has 0 bridgehead atoms. The Morgan fingerprint density at radius 2 is 2.12 bits per heavy atom. The molecular formula is C13H21NS3. The van der Waals surface area contributed by atoms with Gasteiger partial charge in [-0.05, 0) is 19.3 Å². The van der Waals surface area contributed by atoms with E-state index in [1.165, 1.54) is 47.7 Å². The summed E-state index contributed by atoms with van der Waals surface area (Å²) in [5.41, 5.74) is 1.27. The van der Waals surface area contributed by atoms with Gasteiger partial charge in [0.05, 0.1) is 5.69 Å². The number of rotatable bonds is 5. The average Bonchev–Trinajstić information content (AvgIpc) is 2.80. The molecule has 0 aliphatic heterocycles. The number of nitrogens with zero attached hydrogens (tertiary/aromatic N) is 1. The third-order valence-corrected chi connectivity index (χ3v) is 6.49. The first kappa shape index (κ1) is 13.8. The molecule has 1 fully saturated rings. The predicted molar refractivity (Wildman–Crippen MR) is 82.4 cm³/mol. The summed E-state index contributed by atoms with van der Waals surface area (Å²) in [6.07, 6.45) is 8.17. The Labute approximate surface area is 118 Å². The number of aryl methyl sites for hydroxylation is 1. The molecule has 0 aromatic carbocycles. The smallest absolute Gasteiger partial charge is 0.103 e. The Balaban J connectivity index is 1.87. The van der Waals surface area contributed by atoms with Crippen LogP contribution in [0.3, 0.4) is 0 Å². The summed E-state index contributed by atoms with van der Waals surface area (Å²) >= 11 is 8.36. The summed E-state index contributed by atoms with van der Waals surface area (Å²) in [5, 5.41) is 2.19. The molecule has 1 saturated carbocycles. The average molecular weight is 288 g/mol. The molecule has 0 amide bonds. The van der Waals surface area contributed by atoms with Crippen LogP contribution >= 0.6 is 35.7 Å². The molecule has 0 N–H and O–H groups in total. The van der Waals surface area contributed by atoms with Crippen molar-refractivity contribution < 1.29 is 0 Å². The second-order valence-electron chi connectivity index (χ2n) is 4.56. The minimum Gasteiger partial charge on any atom is -0.245 e. The van der Waals surface area contributed by atoms with E-state index in [-0.39, 0.29) is 0 Å². The zero-order chi connectivity index (χ0) is 12.1. The van der Waals surface area contributed by atoms with Crippen molar-refractivity contribution in [2.75, 3.05) is 0 Å². The van der Waals surface area contributed by atoms with E-state index in [1.54, 1.807) is 0 Å². The predicted octanol–water partition coefficient (Wildman–Crippen LogP) is 4.70. The Bertz CT molecular complexity index is 321. The summed E-state index contributed by atoms with van der Waals surface area (Å²) in [5.74, 6) is 1.95. The molecule has 1 aromatic rings. The minimum atomic E-state index is 0.842. The molecule has 17 heavy (non-hydrogen) atoms. The molecule has 96 valence electrons. The molecule has 1 heterocycles. The number of thiol groups is 1. The van der Waals surface area contributed by atoms with Crippen molar-refractivity contribution in [2.45, 2.75) is 62.2 Å². The molecular weight excluding hydrogens is 266 g/mol. The molecule has 0 unspecified atom stereocenters. The van der Waals surface area contributed by atoms with E-state index in [1.807, 2.05) is 11.3 Å². The van der Waals surface area contributed by atoms with E-state index in [0.717, 1.165) is 23.2 Å². The van der Waals surface area contributed by atoms with Gasteiger partial charge >= 0.3 is 0 Å². The van der Waals surface area contributed by atoms with Crippen molar-refractivity contribution in [3.63, 3.8) is 0 Å². The quantitative estimate of drug-likeness (QED) is 0.788. The van der Waals surface area contributed by atoms with Gasteiger partial charge in [0.25, 0.3) is 0 Å². The lowest BCUT2D eigenvalue weighted by Crippen LogP contribution is -2.08. The van der Waals surface area contributed by atoms with Crippen LogP contribution in [0.25, 0.3) is 0 Å². The fourth-order valence-corrected chi connectivity index (χ4v) is 5.06. The molecule has 0 saturated heterocycles. The lowest BCUT2D eigenvalue weighted by Gasteiger charge is -2.20. The van der Waals surface area contributed by atoms with Crippen LogP contribution in [0.2, 0.25) is 0 Å². The van der Waals surface area contributed by atoms with E-state index in [2.05, 4.69) is 31.3 Å². The number of thiazole rings is 1. The normalized spacial score (nSPS) is 17.5. The summed E-state index contributed by atoms with van der Waals surface area (Å²) in [4.78, 5) is 6.10. The van der Waals surface area contributed by atoms with E-state index >= 15 is 0 Å². The second kappa shape index (κ2) is 7.05. The Morgan fingerprint density at radius 3 is 2.71 bits per heavy atom. The molecule has 4 heteroatoms. The third-order valence-electron chi connectivity index (χ3n) is 3.30. The highest BCUT2D eigenvalue weighted by Gasteiger charge is 2.15. The molecule has 1 aliphatic carbocycles. The third kappa shape index (κ3) is 3.90.